The Morgan fingerprint density at radius 2 is 2.00 bits per heavy atom. The van der Waals surface area contributed by atoms with E-state index in [2.05, 4.69) is 5.32 Å². The largest absolute Gasteiger partial charge is 0.378 e. The number of benzene rings is 2. The van der Waals surface area contributed by atoms with Crippen molar-refractivity contribution < 1.29 is 4.92 Å². The molecule has 2 aromatic rings. The molecule has 6 nitrogen and oxygen atoms in total. The Labute approximate surface area is 128 Å². The first-order chi connectivity index (χ1) is 10.6. The Kier molecular flexibility index (Phi) is 4.94. The fraction of sp³-hybridized carbons (Fsp3) is 0.188. The third kappa shape index (κ3) is 3.73. The SMILES string of the molecule is CN(CCNc1cc(C#N)ccc1[N+](=O)[O-])c1ccccc1. The summed E-state index contributed by atoms with van der Waals surface area (Å²) in [5.74, 6) is 0. The molecule has 0 fully saturated rings. The van der Waals surface area contributed by atoms with Crippen molar-refractivity contribution in [3.63, 3.8) is 0 Å². The van der Waals surface area contributed by atoms with E-state index in [1.165, 1.54) is 18.2 Å². The third-order valence-electron chi connectivity index (χ3n) is 3.28. The van der Waals surface area contributed by atoms with Crippen LogP contribution >= 0.6 is 0 Å². The molecular weight excluding hydrogens is 280 g/mol. The number of rotatable bonds is 6. The van der Waals surface area contributed by atoms with Gasteiger partial charge < -0.3 is 10.2 Å². The minimum absolute atomic E-state index is 0.0265. The van der Waals surface area contributed by atoms with E-state index in [0.29, 0.717) is 24.3 Å². The van der Waals surface area contributed by atoms with Gasteiger partial charge in [0.25, 0.3) is 5.69 Å². The molecule has 0 aliphatic heterocycles. The summed E-state index contributed by atoms with van der Waals surface area (Å²) >= 11 is 0. The smallest absolute Gasteiger partial charge is 0.292 e. The van der Waals surface area contributed by atoms with Crippen molar-refractivity contribution in [3.8, 4) is 6.07 Å². The van der Waals surface area contributed by atoms with Crippen LogP contribution in [0.2, 0.25) is 0 Å². The number of nitriles is 1. The second kappa shape index (κ2) is 7.09. The van der Waals surface area contributed by atoms with Gasteiger partial charge in [-0.05, 0) is 24.3 Å². The number of hydrogen-bond donors (Lipinski definition) is 1. The maximum absolute atomic E-state index is 11.0. The molecule has 0 unspecified atom stereocenters. The molecule has 0 atom stereocenters. The Bertz CT molecular complexity index is 695. The van der Waals surface area contributed by atoms with Gasteiger partial charge in [-0.25, -0.2) is 0 Å². The predicted octanol–water partition coefficient (Wildman–Crippen LogP) is 3.01. The van der Waals surface area contributed by atoms with Crippen LogP contribution in [0.15, 0.2) is 48.5 Å². The maximum atomic E-state index is 11.0. The number of nitro groups is 1. The Hall–Kier alpha value is -3.07. The minimum atomic E-state index is -0.454. The number of nitrogens with one attached hydrogen (secondary N) is 1. The van der Waals surface area contributed by atoms with Crippen LogP contribution in [0.5, 0.6) is 0 Å². The topological polar surface area (TPSA) is 82.2 Å². The summed E-state index contributed by atoms with van der Waals surface area (Å²) in [4.78, 5) is 12.6. The lowest BCUT2D eigenvalue weighted by molar-refractivity contribution is -0.384. The number of likely N-dealkylation sites (N-methyl/N-ethyl adjacent to an activating group) is 1. The van der Waals surface area contributed by atoms with Gasteiger partial charge in [0.15, 0.2) is 0 Å². The van der Waals surface area contributed by atoms with Gasteiger partial charge >= 0.3 is 0 Å². The summed E-state index contributed by atoms with van der Waals surface area (Å²) in [5.41, 5.74) is 1.81. The highest BCUT2D eigenvalue weighted by Crippen LogP contribution is 2.25. The van der Waals surface area contributed by atoms with Crippen LogP contribution in [0.1, 0.15) is 5.56 Å². The number of nitrogens with zero attached hydrogens (tertiary/aromatic N) is 3. The molecular formula is C16H16N4O2. The van der Waals surface area contributed by atoms with Crippen LogP contribution in [0.3, 0.4) is 0 Å². The van der Waals surface area contributed by atoms with Crippen molar-refractivity contribution in [2.45, 2.75) is 0 Å². The van der Waals surface area contributed by atoms with Gasteiger partial charge in [0.05, 0.1) is 16.6 Å². The second-order valence-corrected chi connectivity index (χ2v) is 4.78. The lowest BCUT2D eigenvalue weighted by Gasteiger charge is -2.19. The van der Waals surface area contributed by atoms with E-state index in [1.54, 1.807) is 0 Å². The molecule has 2 rings (SSSR count). The Morgan fingerprint density at radius 3 is 2.64 bits per heavy atom. The highest BCUT2D eigenvalue weighted by atomic mass is 16.6. The zero-order valence-corrected chi connectivity index (χ0v) is 12.2. The summed E-state index contributed by atoms with van der Waals surface area (Å²) in [6.45, 7) is 1.21. The van der Waals surface area contributed by atoms with Gasteiger partial charge in [0.2, 0.25) is 0 Å². The molecule has 0 bridgehead atoms. The molecule has 0 spiro atoms. The second-order valence-electron chi connectivity index (χ2n) is 4.78. The van der Waals surface area contributed by atoms with Gasteiger partial charge in [-0.3, -0.25) is 10.1 Å². The van der Waals surface area contributed by atoms with Crippen LogP contribution in [0, 0.1) is 21.4 Å². The maximum Gasteiger partial charge on any atom is 0.292 e. The molecule has 0 aromatic heterocycles. The molecule has 0 radical (unpaired) electrons. The Balaban J connectivity index is 2.02. The summed E-state index contributed by atoms with van der Waals surface area (Å²) in [6.07, 6.45) is 0. The summed E-state index contributed by atoms with van der Waals surface area (Å²) < 4.78 is 0. The van der Waals surface area contributed by atoms with Gasteiger partial charge in [0, 0.05) is 31.9 Å². The van der Waals surface area contributed by atoms with Gasteiger partial charge in [-0.2, -0.15) is 5.26 Å². The van der Waals surface area contributed by atoms with E-state index >= 15 is 0 Å². The van der Waals surface area contributed by atoms with Crippen molar-refractivity contribution >= 4 is 17.1 Å². The van der Waals surface area contributed by atoms with E-state index < -0.39 is 4.92 Å². The fourth-order valence-corrected chi connectivity index (χ4v) is 2.08. The molecule has 112 valence electrons. The normalized spacial score (nSPS) is 9.82. The van der Waals surface area contributed by atoms with Gasteiger partial charge in [-0.1, -0.05) is 18.2 Å². The molecule has 6 heteroatoms. The molecule has 0 aliphatic rings. The molecule has 1 N–H and O–H groups in total. The quantitative estimate of drug-likeness (QED) is 0.654. The lowest BCUT2D eigenvalue weighted by Crippen LogP contribution is -2.24. The summed E-state index contributed by atoms with van der Waals surface area (Å²) in [5, 5.41) is 22.9. The first-order valence-electron chi connectivity index (χ1n) is 6.80. The van der Waals surface area contributed by atoms with E-state index in [1.807, 2.05) is 48.3 Å². The van der Waals surface area contributed by atoms with Crippen molar-refractivity contribution in [1.29, 1.82) is 5.26 Å². The van der Waals surface area contributed by atoms with Gasteiger partial charge in [0.1, 0.15) is 5.69 Å². The summed E-state index contributed by atoms with van der Waals surface area (Å²) in [6, 6.07) is 16.1. The van der Waals surface area contributed by atoms with E-state index in [4.69, 9.17) is 5.26 Å². The molecule has 0 saturated carbocycles. The van der Waals surface area contributed by atoms with Crippen molar-refractivity contribution in [1.82, 2.24) is 0 Å². The fourth-order valence-electron chi connectivity index (χ4n) is 2.08. The average Bonchev–Trinajstić information content (AvgIpc) is 2.55. The standard InChI is InChI=1S/C16H16N4O2/c1-19(14-5-3-2-4-6-14)10-9-18-15-11-13(12-17)7-8-16(15)20(21)22/h2-8,11,18H,9-10H2,1H3. The van der Waals surface area contributed by atoms with Crippen LogP contribution in [0.25, 0.3) is 0 Å². The van der Waals surface area contributed by atoms with Crippen LogP contribution in [0.4, 0.5) is 17.1 Å². The summed E-state index contributed by atoms with van der Waals surface area (Å²) in [7, 11) is 1.96. The highest BCUT2D eigenvalue weighted by Gasteiger charge is 2.14. The minimum Gasteiger partial charge on any atom is -0.378 e. The third-order valence-corrected chi connectivity index (χ3v) is 3.28. The van der Waals surface area contributed by atoms with E-state index in [0.717, 1.165) is 5.69 Å². The molecule has 0 aliphatic carbocycles. The molecule has 0 amide bonds. The van der Waals surface area contributed by atoms with Crippen molar-refractivity contribution in [2.24, 2.45) is 0 Å². The van der Waals surface area contributed by atoms with E-state index in [-0.39, 0.29) is 5.69 Å². The van der Waals surface area contributed by atoms with Crippen LogP contribution < -0.4 is 10.2 Å². The number of para-hydroxylation sites is 1. The number of hydrogen-bond acceptors (Lipinski definition) is 5. The lowest BCUT2D eigenvalue weighted by atomic mass is 10.2. The average molecular weight is 296 g/mol. The molecule has 0 heterocycles. The monoisotopic (exact) mass is 296 g/mol. The highest BCUT2D eigenvalue weighted by molar-refractivity contribution is 5.64. The van der Waals surface area contributed by atoms with Crippen molar-refractivity contribution in [2.75, 3.05) is 30.4 Å². The number of anilines is 2. The van der Waals surface area contributed by atoms with E-state index in [9.17, 15) is 10.1 Å². The van der Waals surface area contributed by atoms with Crippen molar-refractivity contribution in [3.05, 3.63) is 64.2 Å². The first kappa shape index (κ1) is 15.3. The Morgan fingerprint density at radius 1 is 1.27 bits per heavy atom. The van der Waals surface area contributed by atoms with Crippen LogP contribution in [-0.2, 0) is 0 Å². The number of nitro benzene ring substituents is 1. The predicted molar refractivity (Wildman–Crippen MR) is 86.0 cm³/mol. The van der Waals surface area contributed by atoms with Gasteiger partial charge in [-0.15, -0.1) is 0 Å². The van der Waals surface area contributed by atoms with Crippen LogP contribution in [-0.4, -0.2) is 25.1 Å². The zero-order valence-electron chi connectivity index (χ0n) is 12.2. The molecule has 22 heavy (non-hydrogen) atoms. The first-order valence-corrected chi connectivity index (χ1v) is 6.80. The molecule has 2 aromatic carbocycles. The molecule has 0 saturated heterocycles. The zero-order chi connectivity index (χ0) is 15.9.